The van der Waals surface area contributed by atoms with Crippen molar-refractivity contribution in [1.82, 2.24) is 26.2 Å². The highest BCUT2D eigenvalue weighted by molar-refractivity contribution is 7.80. The van der Waals surface area contributed by atoms with Crippen molar-refractivity contribution in [3.63, 3.8) is 0 Å². The third kappa shape index (κ3) is 9.99. The summed E-state index contributed by atoms with van der Waals surface area (Å²) in [5.41, 5.74) is 0. The van der Waals surface area contributed by atoms with Crippen LogP contribution in [0, 0.1) is 11.8 Å². The molecule has 6 atom stereocenters. The standard InChI is InChI=1S/C25H41N5O9S/c1-6-13(4)20(29-21(34)15(10-18(32)33)26-14(5)31)23(36)28-19(12(2)3)24(37)30-9-7-8-17(30)22(35)27-16(11-40)25(38)39/h12-13,15-17,19-20,40H,6-11H2,1-5H3,(H,26,31)(H,27,35)(H,28,36)(H,29,34)(H,32,33)(H,38,39). The minimum atomic E-state index is -1.41. The lowest BCUT2D eigenvalue weighted by molar-refractivity contribution is -0.145. The molecule has 0 radical (unpaired) electrons. The van der Waals surface area contributed by atoms with Gasteiger partial charge in [-0.3, -0.25) is 28.8 Å². The van der Waals surface area contributed by atoms with Crippen molar-refractivity contribution < 1.29 is 43.8 Å². The zero-order valence-corrected chi connectivity index (χ0v) is 24.3. The molecule has 5 amide bonds. The van der Waals surface area contributed by atoms with Gasteiger partial charge in [-0.15, -0.1) is 0 Å². The monoisotopic (exact) mass is 587 g/mol. The molecule has 226 valence electrons. The van der Waals surface area contributed by atoms with Gasteiger partial charge in [0.1, 0.15) is 30.2 Å². The zero-order chi connectivity index (χ0) is 30.7. The van der Waals surface area contributed by atoms with Crippen molar-refractivity contribution in [3.8, 4) is 0 Å². The van der Waals surface area contributed by atoms with E-state index in [1.54, 1.807) is 27.7 Å². The smallest absolute Gasteiger partial charge is 0.327 e. The molecule has 15 heteroatoms. The topological polar surface area (TPSA) is 211 Å². The first-order valence-electron chi connectivity index (χ1n) is 13.2. The molecule has 0 bridgehead atoms. The fraction of sp³-hybridized carbons (Fsp3) is 0.720. The van der Waals surface area contributed by atoms with Crippen LogP contribution in [0.1, 0.15) is 60.3 Å². The molecule has 1 rings (SSSR count). The summed E-state index contributed by atoms with van der Waals surface area (Å²) in [4.78, 5) is 87.9. The quantitative estimate of drug-likeness (QED) is 0.119. The van der Waals surface area contributed by atoms with Gasteiger partial charge in [-0.05, 0) is 24.7 Å². The van der Waals surface area contributed by atoms with Crippen LogP contribution in [0.15, 0.2) is 0 Å². The Morgan fingerprint density at radius 1 is 0.900 bits per heavy atom. The van der Waals surface area contributed by atoms with Gasteiger partial charge in [0.15, 0.2) is 0 Å². The second-order valence-electron chi connectivity index (χ2n) is 10.2. The van der Waals surface area contributed by atoms with Crippen molar-refractivity contribution >= 4 is 54.1 Å². The molecule has 1 heterocycles. The van der Waals surface area contributed by atoms with Gasteiger partial charge in [-0.25, -0.2) is 4.79 Å². The van der Waals surface area contributed by atoms with Crippen LogP contribution in [0.2, 0.25) is 0 Å². The molecule has 1 aliphatic rings. The Labute approximate surface area is 238 Å². The lowest BCUT2D eigenvalue weighted by atomic mass is 9.95. The molecule has 6 N–H and O–H groups in total. The number of carboxylic acid groups (broad SMARTS) is 2. The number of aliphatic carboxylic acids is 2. The Morgan fingerprint density at radius 2 is 1.50 bits per heavy atom. The number of carbonyl (C=O) groups excluding carboxylic acids is 5. The van der Waals surface area contributed by atoms with Crippen molar-refractivity contribution in [2.75, 3.05) is 12.3 Å². The summed E-state index contributed by atoms with van der Waals surface area (Å²) in [6, 6.07) is -5.79. The van der Waals surface area contributed by atoms with E-state index >= 15 is 0 Å². The summed E-state index contributed by atoms with van der Waals surface area (Å²) in [6.45, 7) is 8.24. The second kappa shape index (κ2) is 16.0. The number of hydrogen-bond donors (Lipinski definition) is 7. The summed E-state index contributed by atoms with van der Waals surface area (Å²) in [6.07, 6.45) is 0.574. The molecular weight excluding hydrogens is 546 g/mol. The van der Waals surface area contributed by atoms with E-state index in [9.17, 15) is 38.7 Å². The zero-order valence-electron chi connectivity index (χ0n) is 23.4. The number of nitrogens with zero attached hydrogens (tertiary/aromatic N) is 1. The van der Waals surface area contributed by atoms with Crippen LogP contribution >= 0.6 is 12.6 Å². The van der Waals surface area contributed by atoms with E-state index in [1.807, 2.05) is 0 Å². The lowest BCUT2D eigenvalue weighted by Crippen LogP contribution is -2.61. The Morgan fingerprint density at radius 3 is 1.98 bits per heavy atom. The van der Waals surface area contributed by atoms with Crippen LogP contribution in [0.25, 0.3) is 0 Å². The molecule has 6 unspecified atom stereocenters. The molecule has 14 nitrogen and oxygen atoms in total. The first-order valence-corrected chi connectivity index (χ1v) is 13.8. The van der Waals surface area contributed by atoms with E-state index in [0.29, 0.717) is 19.3 Å². The SMILES string of the molecule is CCC(C)C(NC(=O)C(CC(=O)O)NC(C)=O)C(=O)NC(C(=O)N1CCCC1C(=O)NC(CS)C(=O)O)C(C)C. The van der Waals surface area contributed by atoms with Gasteiger partial charge in [0.2, 0.25) is 29.5 Å². The van der Waals surface area contributed by atoms with E-state index in [-0.39, 0.29) is 12.3 Å². The van der Waals surface area contributed by atoms with Gasteiger partial charge in [-0.2, -0.15) is 12.6 Å². The first-order chi connectivity index (χ1) is 18.6. The number of carbonyl (C=O) groups is 7. The molecule has 0 saturated carbocycles. The number of rotatable bonds is 15. The van der Waals surface area contributed by atoms with Gasteiger partial charge in [0, 0.05) is 19.2 Å². The molecular formula is C25H41N5O9S. The normalized spacial score (nSPS) is 18.6. The summed E-state index contributed by atoms with van der Waals surface area (Å²) in [5.74, 6) is -6.89. The molecule has 1 fully saturated rings. The highest BCUT2D eigenvalue weighted by Gasteiger charge is 2.41. The van der Waals surface area contributed by atoms with Crippen LogP contribution < -0.4 is 21.3 Å². The van der Waals surface area contributed by atoms with Crippen LogP contribution in [0.3, 0.4) is 0 Å². The predicted molar refractivity (Wildman–Crippen MR) is 146 cm³/mol. The highest BCUT2D eigenvalue weighted by Crippen LogP contribution is 2.21. The van der Waals surface area contributed by atoms with Crippen molar-refractivity contribution in [1.29, 1.82) is 0 Å². The summed E-state index contributed by atoms with van der Waals surface area (Å²) in [7, 11) is 0. The summed E-state index contributed by atoms with van der Waals surface area (Å²) in [5, 5.41) is 28.2. The van der Waals surface area contributed by atoms with E-state index in [1.165, 1.54) is 4.90 Å². The third-order valence-electron chi connectivity index (χ3n) is 6.73. The molecule has 1 aliphatic heterocycles. The van der Waals surface area contributed by atoms with Gasteiger partial charge in [0.05, 0.1) is 6.42 Å². The third-order valence-corrected chi connectivity index (χ3v) is 7.10. The van der Waals surface area contributed by atoms with Gasteiger partial charge in [0.25, 0.3) is 0 Å². The van der Waals surface area contributed by atoms with Crippen LogP contribution in [0.5, 0.6) is 0 Å². The first kappa shape index (κ1) is 34.7. The summed E-state index contributed by atoms with van der Waals surface area (Å²) >= 11 is 3.94. The molecule has 40 heavy (non-hydrogen) atoms. The van der Waals surface area contributed by atoms with Crippen LogP contribution in [-0.2, 0) is 33.6 Å². The van der Waals surface area contributed by atoms with E-state index < -0.39 is 89.9 Å². The van der Waals surface area contributed by atoms with Crippen molar-refractivity contribution in [3.05, 3.63) is 0 Å². The number of thiol groups is 1. The Kier molecular flexibility index (Phi) is 13.9. The fourth-order valence-corrected chi connectivity index (χ4v) is 4.52. The number of likely N-dealkylation sites (tertiary alicyclic amines) is 1. The summed E-state index contributed by atoms with van der Waals surface area (Å²) < 4.78 is 0. The molecule has 0 aromatic carbocycles. The second-order valence-corrected chi connectivity index (χ2v) is 10.6. The molecule has 0 aromatic rings. The van der Waals surface area contributed by atoms with Gasteiger partial charge < -0.3 is 36.4 Å². The van der Waals surface area contributed by atoms with Crippen molar-refractivity contribution in [2.45, 2.75) is 90.5 Å². The van der Waals surface area contributed by atoms with Gasteiger partial charge >= 0.3 is 11.9 Å². The maximum absolute atomic E-state index is 13.6. The lowest BCUT2D eigenvalue weighted by Gasteiger charge is -2.33. The van der Waals surface area contributed by atoms with E-state index in [0.717, 1.165) is 6.92 Å². The maximum atomic E-state index is 13.6. The largest absolute Gasteiger partial charge is 0.481 e. The number of hydrogen-bond acceptors (Lipinski definition) is 8. The predicted octanol–water partition coefficient (Wildman–Crippen LogP) is -0.872. The molecule has 1 saturated heterocycles. The maximum Gasteiger partial charge on any atom is 0.327 e. The van der Waals surface area contributed by atoms with E-state index in [4.69, 9.17) is 5.11 Å². The molecule has 0 aliphatic carbocycles. The number of carboxylic acids is 2. The average molecular weight is 588 g/mol. The Balaban J connectivity index is 3.13. The van der Waals surface area contributed by atoms with Crippen LogP contribution in [0.4, 0.5) is 0 Å². The number of amides is 5. The van der Waals surface area contributed by atoms with Crippen LogP contribution in [-0.4, -0.2) is 99.1 Å². The average Bonchev–Trinajstić information content (AvgIpc) is 3.36. The van der Waals surface area contributed by atoms with E-state index in [2.05, 4.69) is 33.9 Å². The molecule has 0 spiro atoms. The minimum Gasteiger partial charge on any atom is -0.481 e. The minimum absolute atomic E-state index is 0.135. The Hall–Kier alpha value is -3.36. The highest BCUT2D eigenvalue weighted by atomic mass is 32.1. The Bertz CT molecular complexity index is 960. The van der Waals surface area contributed by atoms with Crippen molar-refractivity contribution in [2.24, 2.45) is 11.8 Å². The molecule has 0 aromatic heterocycles. The fourth-order valence-electron chi connectivity index (χ4n) is 4.28. The number of nitrogens with one attached hydrogen (secondary N) is 4. The van der Waals surface area contributed by atoms with Gasteiger partial charge in [-0.1, -0.05) is 34.1 Å².